The van der Waals surface area contributed by atoms with Crippen molar-refractivity contribution in [1.29, 1.82) is 0 Å². The molecule has 2 heterocycles. The minimum atomic E-state index is -1.28. The highest BCUT2D eigenvalue weighted by Crippen LogP contribution is 2.12. The zero-order valence-electron chi connectivity index (χ0n) is 10.8. The second-order valence-electron chi connectivity index (χ2n) is 4.14. The van der Waals surface area contributed by atoms with Gasteiger partial charge >= 0.3 is 5.97 Å². The van der Waals surface area contributed by atoms with Gasteiger partial charge < -0.3 is 5.11 Å². The van der Waals surface area contributed by atoms with Crippen molar-refractivity contribution >= 4 is 17.8 Å². The molecule has 1 N–H and O–H groups in total. The highest BCUT2D eigenvalue weighted by atomic mass is 16.4. The number of carboxylic acid groups (broad SMARTS) is 1. The average Bonchev–Trinajstić information content (AvgIpc) is 2.45. The van der Waals surface area contributed by atoms with Gasteiger partial charge in [-0.25, -0.2) is 4.79 Å². The van der Waals surface area contributed by atoms with E-state index in [0.717, 1.165) is 5.69 Å². The van der Waals surface area contributed by atoms with Crippen LogP contribution in [0.4, 0.5) is 0 Å². The van der Waals surface area contributed by atoms with Gasteiger partial charge in [0.05, 0.1) is 0 Å². The maximum Gasteiger partial charge on any atom is 0.339 e. The molecular weight excluding hydrogens is 256 g/mol. The number of aryl methyl sites for hydroxylation is 1. The number of pyridine rings is 2. The molecule has 0 radical (unpaired) electrons. The molecule has 20 heavy (non-hydrogen) atoms. The number of carbonyl (C=O) groups is 2. The van der Waals surface area contributed by atoms with Crippen LogP contribution in [0.3, 0.4) is 0 Å². The highest BCUT2D eigenvalue weighted by molar-refractivity contribution is 6.25. The van der Waals surface area contributed by atoms with Crippen LogP contribution in [0.5, 0.6) is 0 Å². The Hall–Kier alpha value is -2.82. The van der Waals surface area contributed by atoms with Crippen LogP contribution in [-0.2, 0) is 4.79 Å². The summed E-state index contributed by atoms with van der Waals surface area (Å²) in [6.07, 6.45) is 4.34. The Morgan fingerprint density at radius 1 is 1.15 bits per heavy atom. The number of nitrogens with zero attached hydrogens (tertiary/aromatic N) is 2. The maximum atomic E-state index is 12.1. The van der Waals surface area contributed by atoms with E-state index >= 15 is 0 Å². The average molecular weight is 268 g/mol. The summed E-state index contributed by atoms with van der Waals surface area (Å²) in [6, 6.07) is 8.12. The van der Waals surface area contributed by atoms with Crippen LogP contribution >= 0.6 is 0 Å². The summed E-state index contributed by atoms with van der Waals surface area (Å²) < 4.78 is 0. The SMILES string of the molecule is Cc1cc(/C=C(/C(=O)O)C(=O)c2ccccn2)ccn1. The fourth-order valence-corrected chi connectivity index (χ4v) is 1.68. The van der Waals surface area contributed by atoms with Crippen LogP contribution in [0.2, 0.25) is 0 Å². The molecule has 0 bridgehead atoms. The van der Waals surface area contributed by atoms with E-state index in [9.17, 15) is 14.7 Å². The van der Waals surface area contributed by atoms with Crippen molar-refractivity contribution in [1.82, 2.24) is 9.97 Å². The van der Waals surface area contributed by atoms with Crippen molar-refractivity contribution in [3.8, 4) is 0 Å². The number of Topliss-reactive ketones (excluding diaryl/α,β-unsaturated/α-hetero) is 1. The van der Waals surface area contributed by atoms with Gasteiger partial charge in [-0.15, -0.1) is 0 Å². The first-order chi connectivity index (χ1) is 9.58. The van der Waals surface area contributed by atoms with Gasteiger partial charge in [0.25, 0.3) is 0 Å². The van der Waals surface area contributed by atoms with Crippen molar-refractivity contribution < 1.29 is 14.7 Å². The topological polar surface area (TPSA) is 80.1 Å². The van der Waals surface area contributed by atoms with Gasteiger partial charge in [-0.1, -0.05) is 6.07 Å². The molecule has 0 aliphatic carbocycles. The largest absolute Gasteiger partial charge is 0.478 e. The Bertz CT molecular complexity index is 679. The van der Waals surface area contributed by atoms with Crippen molar-refractivity contribution in [2.24, 2.45) is 0 Å². The number of ketones is 1. The lowest BCUT2D eigenvalue weighted by molar-refractivity contribution is -0.132. The molecule has 2 aromatic rings. The molecular formula is C15H12N2O3. The lowest BCUT2D eigenvalue weighted by Gasteiger charge is -2.02. The van der Waals surface area contributed by atoms with E-state index in [1.165, 1.54) is 18.3 Å². The lowest BCUT2D eigenvalue weighted by atomic mass is 10.0. The molecule has 100 valence electrons. The summed E-state index contributed by atoms with van der Waals surface area (Å²) in [5.74, 6) is -1.90. The van der Waals surface area contributed by atoms with E-state index in [1.54, 1.807) is 37.4 Å². The van der Waals surface area contributed by atoms with Crippen LogP contribution in [0.15, 0.2) is 48.3 Å². The van der Waals surface area contributed by atoms with E-state index in [-0.39, 0.29) is 11.3 Å². The fraction of sp³-hybridized carbons (Fsp3) is 0.0667. The number of rotatable bonds is 4. The normalized spacial score (nSPS) is 11.2. The predicted octanol–water partition coefficient (Wildman–Crippen LogP) is 2.14. The van der Waals surface area contributed by atoms with Crippen molar-refractivity contribution in [2.45, 2.75) is 6.92 Å². The number of aromatic nitrogens is 2. The summed E-state index contributed by atoms with van der Waals surface area (Å²) >= 11 is 0. The first-order valence-corrected chi connectivity index (χ1v) is 5.91. The lowest BCUT2D eigenvalue weighted by Crippen LogP contribution is -2.13. The van der Waals surface area contributed by atoms with Crippen LogP contribution in [-0.4, -0.2) is 26.8 Å². The molecule has 2 rings (SSSR count). The molecule has 0 saturated carbocycles. The minimum Gasteiger partial charge on any atom is -0.478 e. The van der Waals surface area contributed by atoms with Crippen LogP contribution < -0.4 is 0 Å². The molecule has 0 fully saturated rings. The van der Waals surface area contributed by atoms with Gasteiger partial charge in [0.15, 0.2) is 0 Å². The molecule has 0 unspecified atom stereocenters. The van der Waals surface area contributed by atoms with Crippen molar-refractivity contribution in [2.75, 3.05) is 0 Å². The number of hydrogen-bond donors (Lipinski definition) is 1. The summed E-state index contributed by atoms with van der Waals surface area (Å²) in [7, 11) is 0. The highest BCUT2D eigenvalue weighted by Gasteiger charge is 2.20. The molecule has 0 aliphatic heterocycles. The van der Waals surface area contributed by atoms with Gasteiger partial charge in [-0.05, 0) is 42.8 Å². The standard InChI is InChI=1S/C15H12N2O3/c1-10-8-11(5-7-16-10)9-12(15(19)20)14(18)13-4-2-3-6-17-13/h2-9H,1H3,(H,19,20)/b12-9+. The minimum absolute atomic E-state index is 0.104. The number of carbonyl (C=O) groups excluding carboxylic acids is 1. The Labute approximate surface area is 115 Å². The van der Waals surface area contributed by atoms with Gasteiger partial charge in [-0.2, -0.15) is 0 Å². The Morgan fingerprint density at radius 2 is 1.95 bits per heavy atom. The molecule has 5 nitrogen and oxygen atoms in total. The van der Waals surface area contributed by atoms with Crippen molar-refractivity contribution in [3.05, 3.63) is 65.2 Å². The summed E-state index contributed by atoms with van der Waals surface area (Å²) in [5, 5.41) is 9.20. The molecule has 5 heteroatoms. The maximum absolute atomic E-state index is 12.1. The zero-order chi connectivity index (χ0) is 14.5. The Morgan fingerprint density at radius 3 is 2.55 bits per heavy atom. The smallest absolute Gasteiger partial charge is 0.339 e. The van der Waals surface area contributed by atoms with Gasteiger partial charge in [0, 0.05) is 18.1 Å². The predicted molar refractivity (Wildman–Crippen MR) is 73.2 cm³/mol. The molecule has 0 aliphatic rings. The van der Waals surface area contributed by atoms with E-state index < -0.39 is 11.8 Å². The third kappa shape index (κ3) is 3.14. The first-order valence-electron chi connectivity index (χ1n) is 5.91. The summed E-state index contributed by atoms with van der Waals surface area (Å²) in [5.41, 5.74) is 1.13. The van der Waals surface area contributed by atoms with Crippen molar-refractivity contribution in [3.63, 3.8) is 0 Å². The Balaban J connectivity index is 2.42. The van der Waals surface area contributed by atoms with E-state index in [0.29, 0.717) is 5.56 Å². The molecule has 0 atom stereocenters. The Kier molecular flexibility index (Phi) is 4.00. The number of aliphatic carboxylic acids is 1. The molecule has 0 aromatic carbocycles. The van der Waals surface area contributed by atoms with E-state index in [1.807, 2.05) is 0 Å². The molecule has 2 aromatic heterocycles. The third-order valence-corrected chi connectivity index (χ3v) is 2.60. The van der Waals surface area contributed by atoms with E-state index in [2.05, 4.69) is 9.97 Å². The molecule has 0 saturated heterocycles. The van der Waals surface area contributed by atoms with Gasteiger partial charge in [0.2, 0.25) is 5.78 Å². The third-order valence-electron chi connectivity index (χ3n) is 2.60. The van der Waals surface area contributed by atoms with Gasteiger partial charge in [-0.3, -0.25) is 14.8 Å². The van der Waals surface area contributed by atoms with Gasteiger partial charge in [0.1, 0.15) is 11.3 Å². The zero-order valence-corrected chi connectivity index (χ0v) is 10.8. The molecule has 0 amide bonds. The second-order valence-corrected chi connectivity index (χ2v) is 4.14. The van der Waals surface area contributed by atoms with Crippen LogP contribution in [0.1, 0.15) is 21.7 Å². The van der Waals surface area contributed by atoms with Crippen LogP contribution in [0.25, 0.3) is 6.08 Å². The number of hydrogen-bond acceptors (Lipinski definition) is 4. The number of carboxylic acids is 1. The quantitative estimate of drug-likeness (QED) is 0.397. The monoisotopic (exact) mass is 268 g/mol. The summed E-state index contributed by atoms with van der Waals surface area (Å²) in [4.78, 5) is 31.3. The molecule has 0 spiro atoms. The fourth-order valence-electron chi connectivity index (χ4n) is 1.68. The second kappa shape index (κ2) is 5.88. The van der Waals surface area contributed by atoms with Crippen LogP contribution in [0, 0.1) is 6.92 Å². The van der Waals surface area contributed by atoms with E-state index in [4.69, 9.17) is 0 Å². The first kappa shape index (κ1) is 13.6. The summed E-state index contributed by atoms with van der Waals surface area (Å²) in [6.45, 7) is 1.79.